The fourth-order valence-corrected chi connectivity index (χ4v) is 6.38. The number of aromatic nitrogens is 3. The van der Waals surface area contributed by atoms with Crippen molar-refractivity contribution >= 4 is 34.4 Å². The van der Waals surface area contributed by atoms with E-state index in [0.717, 1.165) is 31.2 Å². The van der Waals surface area contributed by atoms with Crippen molar-refractivity contribution in [2.75, 3.05) is 39.0 Å². The lowest BCUT2D eigenvalue weighted by atomic mass is 9.98. The van der Waals surface area contributed by atoms with Crippen molar-refractivity contribution < 1.29 is 28.1 Å². The second kappa shape index (κ2) is 11.0. The molecule has 2 unspecified atom stereocenters. The third-order valence-electron chi connectivity index (χ3n) is 7.90. The summed E-state index contributed by atoms with van der Waals surface area (Å²) in [6.45, 7) is 6.67. The second-order valence-electron chi connectivity index (χ2n) is 12.1. The van der Waals surface area contributed by atoms with Gasteiger partial charge in [-0.15, -0.1) is 0 Å². The monoisotopic (exact) mass is 599 g/mol. The molecule has 0 radical (unpaired) electrons. The van der Waals surface area contributed by atoms with E-state index in [1.54, 1.807) is 18.3 Å². The van der Waals surface area contributed by atoms with Gasteiger partial charge in [-0.25, -0.2) is 9.18 Å². The van der Waals surface area contributed by atoms with Gasteiger partial charge in [0.15, 0.2) is 12.6 Å². The second-order valence-corrected chi connectivity index (χ2v) is 12.5. The molecule has 42 heavy (non-hydrogen) atoms. The van der Waals surface area contributed by atoms with E-state index in [9.17, 15) is 4.79 Å². The summed E-state index contributed by atoms with van der Waals surface area (Å²) < 4.78 is 38.3. The van der Waals surface area contributed by atoms with Crippen LogP contribution in [0.15, 0.2) is 18.3 Å². The Balaban J connectivity index is 1.39. The molecule has 10 nitrogen and oxygen atoms in total. The standard InChI is InChI=1S/C30H35ClFN5O5/c1-30(2,3)42-29(38)37-17-8-9-18(37)14-36(13-17)27-21-12-33-25(24(32)26(21)34-28(35-27)40-5)20-10-19(41-15-39-4)11-22(31)23(20)16-6-7-16/h10-12,16-18H,6-9,13-15H2,1-5H3. The number of nitrogens with zero attached hydrogens (tertiary/aromatic N) is 5. The molecule has 2 aromatic heterocycles. The number of amides is 1. The highest BCUT2D eigenvalue weighted by Crippen LogP contribution is 2.49. The molecule has 2 bridgehead atoms. The van der Waals surface area contributed by atoms with Crippen molar-refractivity contribution in [3.63, 3.8) is 0 Å². The SMILES string of the molecule is COCOc1cc(Cl)c(C2CC2)c(-c2ncc3c(N4CC5CCC(C4)N5C(=O)OC(C)(C)C)nc(OC)nc3c2F)c1. The molecule has 3 aromatic rings. The number of rotatable bonds is 7. The van der Waals surface area contributed by atoms with Gasteiger partial charge in [-0.1, -0.05) is 11.6 Å². The highest BCUT2D eigenvalue weighted by molar-refractivity contribution is 6.32. The Morgan fingerprint density at radius 3 is 2.43 bits per heavy atom. The van der Waals surface area contributed by atoms with Crippen LogP contribution in [0.2, 0.25) is 5.02 Å². The van der Waals surface area contributed by atoms with Crippen LogP contribution < -0.4 is 14.4 Å². The molecule has 12 heteroatoms. The highest BCUT2D eigenvalue weighted by Gasteiger charge is 2.45. The van der Waals surface area contributed by atoms with Gasteiger partial charge < -0.3 is 23.8 Å². The number of halogens is 2. The first kappa shape index (κ1) is 28.7. The number of anilines is 1. The molecule has 3 fully saturated rings. The van der Waals surface area contributed by atoms with Gasteiger partial charge in [0.1, 0.15) is 28.4 Å². The number of hydrogen-bond donors (Lipinski definition) is 0. The summed E-state index contributed by atoms with van der Waals surface area (Å²) in [6, 6.07) is 3.43. The first-order chi connectivity index (χ1) is 20.1. The van der Waals surface area contributed by atoms with Gasteiger partial charge in [0.25, 0.3) is 0 Å². The Kier molecular flexibility index (Phi) is 7.51. The van der Waals surface area contributed by atoms with Gasteiger partial charge in [-0.05, 0) is 70.1 Å². The van der Waals surface area contributed by atoms with Gasteiger partial charge in [-0.3, -0.25) is 9.88 Å². The lowest BCUT2D eigenvalue weighted by molar-refractivity contribution is 0.0122. The van der Waals surface area contributed by atoms with E-state index in [2.05, 4.69) is 19.9 Å². The zero-order chi connectivity index (χ0) is 29.8. The molecule has 1 amide bonds. The Hall–Kier alpha value is -3.44. The Labute approximate surface area is 249 Å². The molecule has 2 aliphatic heterocycles. The van der Waals surface area contributed by atoms with Gasteiger partial charge in [0, 0.05) is 37.0 Å². The van der Waals surface area contributed by atoms with E-state index in [4.69, 9.17) is 30.5 Å². The first-order valence-electron chi connectivity index (χ1n) is 14.2. The number of hydrogen-bond acceptors (Lipinski definition) is 9. The van der Waals surface area contributed by atoms with Gasteiger partial charge in [0.2, 0.25) is 0 Å². The smallest absolute Gasteiger partial charge is 0.410 e. The summed E-state index contributed by atoms with van der Waals surface area (Å²) in [5.41, 5.74) is 1.08. The van der Waals surface area contributed by atoms with Crippen LogP contribution in [-0.4, -0.2) is 77.7 Å². The number of pyridine rings is 1. The highest BCUT2D eigenvalue weighted by atomic mass is 35.5. The largest absolute Gasteiger partial charge is 0.467 e. The fraction of sp³-hybridized carbons (Fsp3) is 0.533. The molecular formula is C30H35ClFN5O5. The molecule has 2 atom stereocenters. The maximum Gasteiger partial charge on any atom is 0.410 e. The minimum Gasteiger partial charge on any atom is -0.467 e. The Morgan fingerprint density at radius 1 is 1.10 bits per heavy atom. The van der Waals surface area contributed by atoms with Gasteiger partial charge >= 0.3 is 12.1 Å². The van der Waals surface area contributed by atoms with Crippen molar-refractivity contribution in [3.8, 4) is 23.0 Å². The third-order valence-corrected chi connectivity index (χ3v) is 8.21. The third kappa shape index (κ3) is 5.40. The predicted octanol–water partition coefficient (Wildman–Crippen LogP) is 5.94. The van der Waals surface area contributed by atoms with Crippen LogP contribution in [0, 0.1) is 5.82 Å². The summed E-state index contributed by atoms with van der Waals surface area (Å²) in [7, 11) is 2.98. The lowest BCUT2D eigenvalue weighted by Crippen LogP contribution is -2.57. The molecule has 1 aromatic carbocycles. The van der Waals surface area contributed by atoms with Crippen LogP contribution in [0.3, 0.4) is 0 Å². The number of carbonyl (C=O) groups is 1. The van der Waals surface area contributed by atoms with E-state index < -0.39 is 11.4 Å². The van der Waals surface area contributed by atoms with Crippen LogP contribution in [-0.2, 0) is 9.47 Å². The molecular weight excluding hydrogens is 565 g/mol. The fourth-order valence-electron chi connectivity index (χ4n) is 6.02. The summed E-state index contributed by atoms with van der Waals surface area (Å²) in [5, 5.41) is 0.967. The minimum absolute atomic E-state index is 0.0309. The number of methoxy groups -OCH3 is 2. The molecule has 2 saturated heterocycles. The number of carbonyl (C=O) groups excluding carboxylic acids is 1. The lowest BCUT2D eigenvalue weighted by Gasteiger charge is -2.42. The normalized spacial score (nSPS) is 20.3. The number of benzene rings is 1. The predicted molar refractivity (Wildman–Crippen MR) is 156 cm³/mol. The summed E-state index contributed by atoms with van der Waals surface area (Å²) >= 11 is 6.69. The molecule has 6 rings (SSSR count). The average molecular weight is 600 g/mol. The van der Waals surface area contributed by atoms with Crippen LogP contribution in [0.4, 0.5) is 15.0 Å². The topological polar surface area (TPSA) is 99.1 Å². The molecule has 4 heterocycles. The minimum atomic E-state index is -0.591. The van der Waals surface area contributed by atoms with Crippen LogP contribution in [0.1, 0.15) is 57.9 Å². The van der Waals surface area contributed by atoms with Crippen LogP contribution in [0.25, 0.3) is 22.2 Å². The molecule has 1 saturated carbocycles. The quantitative estimate of drug-likeness (QED) is 0.305. The van der Waals surface area contributed by atoms with Crippen molar-refractivity contribution in [2.24, 2.45) is 0 Å². The van der Waals surface area contributed by atoms with E-state index >= 15 is 4.39 Å². The number of fused-ring (bicyclic) bond motifs is 3. The van der Waals surface area contributed by atoms with E-state index in [-0.39, 0.29) is 48.1 Å². The summed E-state index contributed by atoms with van der Waals surface area (Å²) in [4.78, 5) is 30.6. The van der Waals surface area contributed by atoms with E-state index in [1.807, 2.05) is 25.7 Å². The molecule has 3 aliphatic rings. The Morgan fingerprint density at radius 2 is 1.81 bits per heavy atom. The van der Waals surface area contributed by atoms with Gasteiger partial charge in [0.05, 0.1) is 24.6 Å². The number of ether oxygens (including phenoxy) is 4. The molecule has 224 valence electrons. The van der Waals surface area contributed by atoms with E-state index in [0.29, 0.717) is 40.6 Å². The maximum absolute atomic E-state index is 16.5. The first-order valence-corrected chi connectivity index (χ1v) is 14.6. The molecule has 0 N–H and O–H groups in total. The van der Waals surface area contributed by atoms with Crippen molar-refractivity contribution in [1.29, 1.82) is 0 Å². The van der Waals surface area contributed by atoms with Crippen molar-refractivity contribution in [3.05, 3.63) is 34.7 Å². The van der Waals surface area contributed by atoms with Crippen molar-refractivity contribution in [2.45, 2.75) is 70.1 Å². The van der Waals surface area contributed by atoms with Crippen LogP contribution >= 0.6 is 11.6 Å². The van der Waals surface area contributed by atoms with Crippen LogP contribution in [0.5, 0.6) is 11.8 Å². The Bertz CT molecular complexity index is 1510. The molecule has 0 spiro atoms. The maximum atomic E-state index is 16.5. The van der Waals surface area contributed by atoms with Crippen molar-refractivity contribution in [1.82, 2.24) is 19.9 Å². The average Bonchev–Trinajstić information content (AvgIpc) is 3.74. The zero-order valence-corrected chi connectivity index (χ0v) is 25.2. The van der Waals surface area contributed by atoms with E-state index in [1.165, 1.54) is 14.2 Å². The zero-order valence-electron chi connectivity index (χ0n) is 24.4. The van der Waals surface area contributed by atoms with Gasteiger partial charge in [-0.2, -0.15) is 9.97 Å². The summed E-state index contributed by atoms with van der Waals surface area (Å²) in [5.74, 6) is 0.620. The molecule has 1 aliphatic carbocycles. The number of piperazine rings is 1. The summed E-state index contributed by atoms with van der Waals surface area (Å²) in [6.07, 6.45) is 4.94.